The van der Waals surface area contributed by atoms with Crippen molar-refractivity contribution >= 4 is 25.5 Å². The van der Waals surface area contributed by atoms with Gasteiger partial charge in [0.25, 0.3) is 0 Å². The normalized spacial score (nSPS) is 12.4. The molecule has 0 spiro atoms. The summed E-state index contributed by atoms with van der Waals surface area (Å²) in [5.74, 6) is 0. The Bertz CT molecular complexity index is 106. The average molecular weight is 163 g/mol. The third-order valence-corrected chi connectivity index (χ3v) is 2.45. The van der Waals surface area contributed by atoms with Crippen LogP contribution in [-0.4, -0.2) is 16.9 Å². The van der Waals surface area contributed by atoms with Gasteiger partial charge in [0.15, 0.2) is 0 Å². The van der Waals surface area contributed by atoms with Gasteiger partial charge in [0.1, 0.15) is 0 Å². The Hall–Kier alpha value is 0.320. The molecule has 0 bridgehead atoms. The highest BCUT2D eigenvalue weighted by Gasteiger charge is 2.11. The van der Waals surface area contributed by atoms with E-state index in [0.717, 1.165) is 13.3 Å². The SMILES string of the molecule is CNC(=S)PC(C)(C)C. The van der Waals surface area contributed by atoms with Gasteiger partial charge >= 0.3 is 0 Å². The average Bonchev–Trinajstić information content (AvgIpc) is 1.62. The van der Waals surface area contributed by atoms with E-state index in [1.807, 2.05) is 7.05 Å². The molecule has 54 valence electrons. The van der Waals surface area contributed by atoms with Crippen molar-refractivity contribution in [2.75, 3.05) is 7.05 Å². The molecular weight excluding hydrogens is 149 g/mol. The molecule has 0 aliphatic heterocycles. The lowest BCUT2D eigenvalue weighted by Gasteiger charge is -2.17. The molecule has 0 amide bonds. The number of rotatable bonds is 1. The van der Waals surface area contributed by atoms with Gasteiger partial charge in [-0.05, 0) is 5.16 Å². The summed E-state index contributed by atoms with van der Waals surface area (Å²) in [7, 11) is 2.61. The summed E-state index contributed by atoms with van der Waals surface area (Å²) in [6.07, 6.45) is 0. The minimum atomic E-state index is 0.347. The van der Waals surface area contributed by atoms with Gasteiger partial charge in [-0.15, -0.1) is 0 Å². The Labute approximate surface area is 64.4 Å². The molecule has 0 aromatic heterocycles. The van der Waals surface area contributed by atoms with Gasteiger partial charge in [-0.3, -0.25) is 0 Å². The van der Waals surface area contributed by atoms with Gasteiger partial charge in [0.05, 0.1) is 4.73 Å². The second-order valence-corrected chi connectivity index (χ2v) is 5.97. The predicted molar refractivity (Wildman–Crippen MR) is 49.7 cm³/mol. The first kappa shape index (κ1) is 9.32. The molecule has 3 heteroatoms. The van der Waals surface area contributed by atoms with E-state index < -0.39 is 0 Å². The molecule has 0 aliphatic rings. The zero-order valence-corrected chi connectivity index (χ0v) is 8.22. The summed E-state index contributed by atoms with van der Waals surface area (Å²) in [6, 6.07) is 0. The van der Waals surface area contributed by atoms with Gasteiger partial charge in [-0.25, -0.2) is 0 Å². The first-order chi connectivity index (χ1) is 3.95. The van der Waals surface area contributed by atoms with E-state index in [0.29, 0.717) is 5.16 Å². The fourth-order valence-electron chi connectivity index (χ4n) is 0.403. The first-order valence-corrected chi connectivity index (χ1v) is 4.36. The molecule has 1 unspecified atom stereocenters. The van der Waals surface area contributed by atoms with Gasteiger partial charge in [-0.2, -0.15) is 0 Å². The van der Waals surface area contributed by atoms with Crippen LogP contribution in [0.5, 0.6) is 0 Å². The van der Waals surface area contributed by atoms with Gasteiger partial charge < -0.3 is 5.32 Å². The van der Waals surface area contributed by atoms with E-state index in [4.69, 9.17) is 12.2 Å². The maximum atomic E-state index is 5.00. The van der Waals surface area contributed by atoms with Crippen molar-refractivity contribution in [3.8, 4) is 0 Å². The van der Waals surface area contributed by atoms with E-state index in [1.165, 1.54) is 0 Å². The molecule has 0 saturated heterocycles. The quantitative estimate of drug-likeness (QED) is 0.468. The third-order valence-electron chi connectivity index (χ3n) is 0.716. The summed E-state index contributed by atoms with van der Waals surface area (Å²) >= 11 is 5.00. The molecule has 0 saturated carbocycles. The van der Waals surface area contributed by atoms with Crippen molar-refractivity contribution in [2.45, 2.75) is 25.9 Å². The van der Waals surface area contributed by atoms with Gasteiger partial charge in [0.2, 0.25) is 0 Å². The molecule has 1 nitrogen and oxygen atoms in total. The second kappa shape index (κ2) is 3.48. The predicted octanol–water partition coefficient (Wildman–Crippen LogP) is 1.97. The lowest BCUT2D eigenvalue weighted by atomic mass is 10.3. The van der Waals surface area contributed by atoms with Crippen LogP contribution in [0, 0.1) is 0 Å². The van der Waals surface area contributed by atoms with E-state index in [2.05, 4.69) is 26.1 Å². The fourth-order valence-corrected chi connectivity index (χ4v) is 2.13. The van der Waals surface area contributed by atoms with E-state index >= 15 is 0 Å². The highest BCUT2D eigenvalue weighted by Crippen LogP contribution is 2.30. The van der Waals surface area contributed by atoms with Crippen LogP contribution < -0.4 is 5.32 Å². The van der Waals surface area contributed by atoms with Crippen LogP contribution in [0.25, 0.3) is 0 Å². The minimum absolute atomic E-state index is 0.347. The standard InChI is InChI=1S/C6H14NPS/c1-6(2,3)8-5(9)7-4/h8H,1-4H3,(H,7,9). The van der Waals surface area contributed by atoms with E-state index in [9.17, 15) is 0 Å². The maximum Gasteiger partial charge on any atom is 0.0953 e. The molecule has 0 heterocycles. The monoisotopic (exact) mass is 163 g/mol. The molecular formula is C6H14NPS. The molecule has 0 radical (unpaired) electrons. The Balaban J connectivity index is 3.60. The maximum absolute atomic E-state index is 5.00. The number of thiocarbonyl (C=S) groups is 1. The molecule has 1 atom stereocenters. The molecule has 0 rings (SSSR count). The third kappa shape index (κ3) is 6.20. The van der Waals surface area contributed by atoms with Crippen LogP contribution in [0.4, 0.5) is 0 Å². The molecule has 1 N–H and O–H groups in total. The van der Waals surface area contributed by atoms with Crippen molar-refractivity contribution < 1.29 is 0 Å². The molecule has 0 fully saturated rings. The van der Waals surface area contributed by atoms with Crippen LogP contribution in [0.2, 0.25) is 0 Å². The molecule has 0 aromatic carbocycles. The Morgan fingerprint density at radius 3 is 2.00 bits per heavy atom. The molecule has 0 aromatic rings. The lowest BCUT2D eigenvalue weighted by molar-refractivity contribution is 0.800. The van der Waals surface area contributed by atoms with Crippen LogP contribution in [0.3, 0.4) is 0 Å². The Kier molecular flexibility index (Phi) is 3.60. The largest absolute Gasteiger partial charge is 0.379 e. The Morgan fingerprint density at radius 2 is 1.89 bits per heavy atom. The highest BCUT2D eigenvalue weighted by molar-refractivity contribution is 7.93. The summed E-state index contributed by atoms with van der Waals surface area (Å²) in [4.78, 5) is 0. The topological polar surface area (TPSA) is 12.0 Å². The van der Waals surface area contributed by atoms with Crippen molar-refractivity contribution in [1.29, 1.82) is 0 Å². The van der Waals surface area contributed by atoms with Crippen molar-refractivity contribution in [3.63, 3.8) is 0 Å². The molecule has 9 heavy (non-hydrogen) atoms. The second-order valence-electron chi connectivity index (χ2n) is 2.95. The lowest BCUT2D eigenvalue weighted by Crippen LogP contribution is -2.17. The highest BCUT2D eigenvalue weighted by atomic mass is 32.1. The van der Waals surface area contributed by atoms with E-state index in [1.54, 1.807) is 0 Å². The summed E-state index contributed by atoms with van der Waals surface area (Å²) in [5, 5.41) is 3.31. The van der Waals surface area contributed by atoms with Crippen LogP contribution in [0.15, 0.2) is 0 Å². The zero-order chi connectivity index (χ0) is 7.49. The van der Waals surface area contributed by atoms with Crippen molar-refractivity contribution in [1.82, 2.24) is 5.32 Å². The molecule has 0 aliphatic carbocycles. The van der Waals surface area contributed by atoms with Crippen molar-refractivity contribution in [3.05, 3.63) is 0 Å². The minimum Gasteiger partial charge on any atom is -0.379 e. The number of nitrogens with one attached hydrogen (secondary N) is 1. The number of hydrogen-bond acceptors (Lipinski definition) is 1. The van der Waals surface area contributed by atoms with Crippen molar-refractivity contribution in [2.24, 2.45) is 0 Å². The van der Waals surface area contributed by atoms with Crippen LogP contribution in [0.1, 0.15) is 20.8 Å². The smallest absolute Gasteiger partial charge is 0.0953 e. The van der Waals surface area contributed by atoms with Gasteiger partial charge in [-0.1, -0.05) is 41.6 Å². The summed E-state index contributed by atoms with van der Waals surface area (Å²) < 4.78 is 0.975. The zero-order valence-electron chi connectivity index (χ0n) is 6.41. The number of hydrogen-bond donors (Lipinski definition) is 1. The summed E-state index contributed by atoms with van der Waals surface area (Å²) in [6.45, 7) is 6.57. The van der Waals surface area contributed by atoms with E-state index in [-0.39, 0.29) is 0 Å². The Morgan fingerprint density at radius 1 is 1.44 bits per heavy atom. The fraction of sp³-hybridized carbons (Fsp3) is 0.833. The van der Waals surface area contributed by atoms with Gasteiger partial charge in [0, 0.05) is 7.05 Å². The first-order valence-electron chi connectivity index (χ1n) is 2.95. The van der Waals surface area contributed by atoms with Crippen LogP contribution >= 0.6 is 20.8 Å². The summed E-state index contributed by atoms with van der Waals surface area (Å²) in [5.41, 5.74) is 0. The van der Waals surface area contributed by atoms with Crippen LogP contribution in [-0.2, 0) is 0 Å².